The quantitative estimate of drug-likeness (QED) is 0.765. The van der Waals surface area contributed by atoms with E-state index < -0.39 is 0 Å². The van der Waals surface area contributed by atoms with Gasteiger partial charge in [-0.25, -0.2) is 0 Å². The number of benzene rings is 2. The van der Waals surface area contributed by atoms with Gasteiger partial charge in [0.2, 0.25) is 11.8 Å². The molecule has 1 heterocycles. The zero-order chi connectivity index (χ0) is 19.9. The van der Waals surface area contributed by atoms with Crippen LogP contribution in [0.15, 0.2) is 48.5 Å². The Morgan fingerprint density at radius 3 is 2.36 bits per heavy atom. The number of halogens is 1. The average molecular weight is 400 g/mol. The van der Waals surface area contributed by atoms with Gasteiger partial charge in [-0.1, -0.05) is 23.7 Å². The van der Waals surface area contributed by atoms with Crippen LogP contribution >= 0.6 is 11.6 Å². The lowest BCUT2D eigenvalue weighted by atomic mass is 10.1. The molecule has 0 aromatic heterocycles. The van der Waals surface area contributed by atoms with Gasteiger partial charge in [0.15, 0.2) is 0 Å². The molecule has 6 heteroatoms. The van der Waals surface area contributed by atoms with Gasteiger partial charge >= 0.3 is 0 Å². The van der Waals surface area contributed by atoms with Crippen LogP contribution in [0.3, 0.4) is 0 Å². The van der Waals surface area contributed by atoms with Gasteiger partial charge in [0.1, 0.15) is 0 Å². The maximum Gasteiger partial charge on any atom is 0.226 e. The number of anilines is 3. The summed E-state index contributed by atoms with van der Waals surface area (Å²) in [4.78, 5) is 28.2. The van der Waals surface area contributed by atoms with E-state index in [1.54, 1.807) is 12.1 Å². The van der Waals surface area contributed by atoms with Crippen molar-refractivity contribution in [2.24, 2.45) is 0 Å². The van der Waals surface area contributed by atoms with E-state index in [2.05, 4.69) is 10.2 Å². The molecule has 28 heavy (non-hydrogen) atoms. The summed E-state index contributed by atoms with van der Waals surface area (Å²) >= 11 is 6.19. The second-order valence-corrected chi connectivity index (χ2v) is 7.42. The second kappa shape index (κ2) is 9.60. The number of amides is 2. The number of piperidine rings is 1. The summed E-state index contributed by atoms with van der Waals surface area (Å²) in [5, 5.41) is 3.40. The third kappa shape index (κ3) is 5.26. The maximum atomic E-state index is 12.3. The highest BCUT2D eigenvalue weighted by molar-refractivity contribution is 6.33. The van der Waals surface area contributed by atoms with Crippen LogP contribution in [0.25, 0.3) is 0 Å². The summed E-state index contributed by atoms with van der Waals surface area (Å²) in [6, 6.07) is 15.1. The molecule has 1 fully saturated rings. The zero-order valence-electron chi connectivity index (χ0n) is 16.2. The zero-order valence-corrected chi connectivity index (χ0v) is 16.9. The van der Waals surface area contributed by atoms with Crippen molar-refractivity contribution in [3.8, 4) is 0 Å². The molecule has 148 valence electrons. The molecule has 2 amide bonds. The largest absolute Gasteiger partial charge is 0.372 e. The molecular formula is C22H26ClN3O2. The summed E-state index contributed by atoms with van der Waals surface area (Å²) < 4.78 is 0. The summed E-state index contributed by atoms with van der Waals surface area (Å²) in [6.45, 7) is 3.93. The van der Waals surface area contributed by atoms with E-state index in [1.807, 2.05) is 36.4 Å². The molecule has 0 radical (unpaired) electrons. The molecule has 0 unspecified atom stereocenters. The Morgan fingerprint density at radius 2 is 1.71 bits per heavy atom. The predicted molar refractivity (Wildman–Crippen MR) is 115 cm³/mol. The van der Waals surface area contributed by atoms with Crippen molar-refractivity contribution in [1.29, 1.82) is 0 Å². The predicted octanol–water partition coefficient (Wildman–Crippen LogP) is 4.71. The minimum absolute atomic E-state index is 0.135. The summed E-state index contributed by atoms with van der Waals surface area (Å²) in [5.74, 6) is -0.282. The lowest BCUT2D eigenvalue weighted by molar-refractivity contribution is -0.117. The highest BCUT2D eigenvalue weighted by atomic mass is 35.5. The van der Waals surface area contributed by atoms with Crippen LogP contribution in [-0.4, -0.2) is 31.4 Å². The normalized spacial score (nSPS) is 13.9. The standard InChI is InChI=1S/C22H26ClN3O2/c1-17(27)26(21-8-4-3-7-20(21)23)16-13-22(28)24-18-9-11-19(12-10-18)25-14-5-2-6-15-25/h3-4,7-12H,2,5-6,13-16H2,1H3,(H,24,28). The average Bonchev–Trinajstić information content (AvgIpc) is 2.70. The van der Waals surface area contributed by atoms with E-state index in [4.69, 9.17) is 11.6 Å². The van der Waals surface area contributed by atoms with Crippen molar-refractivity contribution in [2.75, 3.05) is 34.8 Å². The highest BCUT2D eigenvalue weighted by Crippen LogP contribution is 2.26. The maximum absolute atomic E-state index is 12.3. The number of para-hydroxylation sites is 1. The number of carbonyl (C=O) groups excluding carboxylic acids is 2. The fourth-order valence-corrected chi connectivity index (χ4v) is 3.70. The van der Waals surface area contributed by atoms with Crippen LogP contribution in [0.4, 0.5) is 17.1 Å². The first kappa shape index (κ1) is 20.2. The van der Waals surface area contributed by atoms with Gasteiger partial charge in [-0.3, -0.25) is 9.59 Å². The number of carbonyl (C=O) groups is 2. The van der Waals surface area contributed by atoms with Gasteiger partial charge in [0, 0.05) is 44.4 Å². The van der Waals surface area contributed by atoms with Crippen LogP contribution in [0, 0.1) is 0 Å². The van der Waals surface area contributed by atoms with Crippen LogP contribution < -0.4 is 15.1 Å². The SMILES string of the molecule is CC(=O)N(CCC(=O)Nc1ccc(N2CCCCC2)cc1)c1ccccc1Cl. The smallest absolute Gasteiger partial charge is 0.226 e. The Kier molecular flexibility index (Phi) is 6.93. The minimum Gasteiger partial charge on any atom is -0.372 e. The van der Waals surface area contributed by atoms with Crippen molar-refractivity contribution in [1.82, 2.24) is 0 Å². The molecule has 0 aliphatic carbocycles. The second-order valence-electron chi connectivity index (χ2n) is 7.01. The minimum atomic E-state index is -0.146. The number of nitrogens with one attached hydrogen (secondary N) is 1. The highest BCUT2D eigenvalue weighted by Gasteiger charge is 2.16. The molecule has 0 saturated carbocycles. The number of rotatable bonds is 6. The number of hydrogen-bond acceptors (Lipinski definition) is 3. The monoisotopic (exact) mass is 399 g/mol. The van der Waals surface area contributed by atoms with Crippen LogP contribution in [-0.2, 0) is 9.59 Å². The van der Waals surface area contributed by atoms with E-state index in [0.717, 1.165) is 18.8 Å². The fourth-order valence-electron chi connectivity index (χ4n) is 3.46. The fraction of sp³-hybridized carbons (Fsp3) is 0.364. The Morgan fingerprint density at radius 1 is 1.04 bits per heavy atom. The molecular weight excluding hydrogens is 374 g/mol. The van der Waals surface area contributed by atoms with Gasteiger partial charge in [0.25, 0.3) is 0 Å². The summed E-state index contributed by atoms with van der Waals surface area (Å²) in [5.41, 5.74) is 2.58. The lowest BCUT2D eigenvalue weighted by Gasteiger charge is -2.28. The summed E-state index contributed by atoms with van der Waals surface area (Å²) in [6.07, 6.45) is 3.96. The molecule has 1 saturated heterocycles. The van der Waals surface area contributed by atoms with Crippen LogP contribution in [0.2, 0.25) is 5.02 Å². The van der Waals surface area contributed by atoms with E-state index in [1.165, 1.54) is 36.8 Å². The molecule has 2 aromatic carbocycles. The van der Waals surface area contributed by atoms with E-state index in [0.29, 0.717) is 10.7 Å². The first-order valence-electron chi connectivity index (χ1n) is 9.72. The topological polar surface area (TPSA) is 52.7 Å². The lowest BCUT2D eigenvalue weighted by Crippen LogP contribution is -2.32. The van der Waals surface area contributed by atoms with E-state index in [-0.39, 0.29) is 24.8 Å². The van der Waals surface area contributed by atoms with Gasteiger partial charge in [0.05, 0.1) is 10.7 Å². The van der Waals surface area contributed by atoms with Crippen LogP contribution in [0.5, 0.6) is 0 Å². The Labute approximate surface area is 171 Å². The molecule has 1 aliphatic heterocycles. The van der Waals surface area contributed by atoms with Crippen molar-refractivity contribution in [3.05, 3.63) is 53.6 Å². The van der Waals surface area contributed by atoms with Crippen LogP contribution in [0.1, 0.15) is 32.6 Å². The van der Waals surface area contributed by atoms with Crippen molar-refractivity contribution in [3.63, 3.8) is 0 Å². The van der Waals surface area contributed by atoms with E-state index in [9.17, 15) is 9.59 Å². The molecule has 0 atom stereocenters. The molecule has 2 aromatic rings. The first-order valence-corrected chi connectivity index (χ1v) is 10.1. The Balaban J connectivity index is 1.56. The van der Waals surface area contributed by atoms with Crippen molar-refractivity contribution >= 4 is 40.5 Å². The van der Waals surface area contributed by atoms with E-state index >= 15 is 0 Å². The van der Waals surface area contributed by atoms with Gasteiger partial charge < -0.3 is 15.1 Å². The number of hydrogen-bond donors (Lipinski definition) is 1. The molecule has 5 nitrogen and oxygen atoms in total. The van der Waals surface area contributed by atoms with Gasteiger partial charge in [-0.15, -0.1) is 0 Å². The van der Waals surface area contributed by atoms with Gasteiger partial charge in [-0.2, -0.15) is 0 Å². The molecule has 1 N–H and O–H groups in total. The third-order valence-corrected chi connectivity index (χ3v) is 5.28. The summed E-state index contributed by atoms with van der Waals surface area (Å²) in [7, 11) is 0. The Hall–Kier alpha value is -2.53. The van der Waals surface area contributed by atoms with Crippen molar-refractivity contribution in [2.45, 2.75) is 32.6 Å². The molecule has 0 bridgehead atoms. The van der Waals surface area contributed by atoms with Crippen molar-refractivity contribution < 1.29 is 9.59 Å². The Bertz CT molecular complexity index is 817. The number of nitrogens with zero attached hydrogens (tertiary/aromatic N) is 2. The molecule has 0 spiro atoms. The molecule has 3 rings (SSSR count). The first-order chi connectivity index (χ1) is 13.5. The molecule has 1 aliphatic rings. The third-order valence-electron chi connectivity index (χ3n) is 4.96. The van der Waals surface area contributed by atoms with Gasteiger partial charge in [-0.05, 0) is 55.7 Å².